The highest BCUT2D eigenvalue weighted by molar-refractivity contribution is 5.70. The maximum absolute atomic E-state index is 12.9. The summed E-state index contributed by atoms with van der Waals surface area (Å²) in [5.41, 5.74) is 0. The van der Waals surface area contributed by atoms with Gasteiger partial charge in [0.1, 0.15) is 13.2 Å². The number of aliphatic carboxylic acids is 1. The van der Waals surface area contributed by atoms with Gasteiger partial charge in [0.05, 0.1) is 40.3 Å². The molecule has 0 fully saturated rings. The lowest BCUT2D eigenvalue weighted by Crippen LogP contribution is -2.44. The SMILES string of the molecule is CC/C=C\C/C=C\C/C=C\C/C=C\C/C=C\C/C=C\C/C=C\CCCCCCCCCCCCCCCC(=O)OC(COC(=O)CCCCCCCCCCCCCCCCCCCCCCCCCCC)COC(OCC[N+](C)(C)C)C(=O)[O-]. The van der Waals surface area contributed by atoms with E-state index in [9.17, 15) is 19.5 Å². The van der Waals surface area contributed by atoms with Crippen molar-refractivity contribution in [2.75, 3.05) is 47.5 Å². The van der Waals surface area contributed by atoms with Gasteiger partial charge in [0.2, 0.25) is 0 Å². The van der Waals surface area contributed by atoms with E-state index in [1.807, 2.05) is 21.1 Å². The molecule has 0 amide bonds. The molecule has 492 valence electrons. The molecule has 0 bridgehead atoms. The van der Waals surface area contributed by atoms with E-state index in [0.29, 0.717) is 23.9 Å². The lowest BCUT2D eigenvalue weighted by atomic mass is 10.0. The second-order valence-corrected chi connectivity index (χ2v) is 25.2. The summed E-state index contributed by atoms with van der Waals surface area (Å²) >= 11 is 0. The first-order chi connectivity index (χ1) is 41.6. The van der Waals surface area contributed by atoms with Crippen molar-refractivity contribution in [3.8, 4) is 0 Å². The molecule has 0 aliphatic heterocycles. The largest absolute Gasteiger partial charge is 0.545 e. The van der Waals surface area contributed by atoms with Crippen molar-refractivity contribution < 1.29 is 42.9 Å². The summed E-state index contributed by atoms with van der Waals surface area (Å²) in [4.78, 5) is 37.5. The van der Waals surface area contributed by atoms with Crippen LogP contribution < -0.4 is 5.11 Å². The molecule has 0 aliphatic rings. The quantitative estimate of drug-likeness (QED) is 0.0195. The Labute approximate surface area is 525 Å². The summed E-state index contributed by atoms with van der Waals surface area (Å²) in [6, 6.07) is 0. The van der Waals surface area contributed by atoms with Crippen molar-refractivity contribution in [1.29, 1.82) is 0 Å². The molecule has 0 aliphatic carbocycles. The first kappa shape index (κ1) is 81.5. The maximum atomic E-state index is 12.9. The van der Waals surface area contributed by atoms with Crippen LogP contribution in [0.3, 0.4) is 0 Å². The van der Waals surface area contributed by atoms with Crippen LogP contribution in [0.1, 0.15) is 322 Å². The summed E-state index contributed by atoms with van der Waals surface area (Å²) < 4.78 is 22.8. The van der Waals surface area contributed by atoms with Gasteiger partial charge < -0.3 is 33.3 Å². The first-order valence-corrected chi connectivity index (χ1v) is 35.7. The third-order valence-corrected chi connectivity index (χ3v) is 15.7. The summed E-state index contributed by atoms with van der Waals surface area (Å²) in [6.45, 7) is 4.68. The molecule has 0 saturated carbocycles. The average Bonchev–Trinajstić information content (AvgIpc) is 3.48. The number of likely N-dealkylation sites (N-methyl/N-ethyl adjacent to an activating group) is 1. The molecule has 0 rings (SSSR count). The van der Waals surface area contributed by atoms with E-state index < -0.39 is 24.3 Å². The number of allylic oxidation sites excluding steroid dienone is 14. The van der Waals surface area contributed by atoms with E-state index >= 15 is 0 Å². The normalized spacial score (nSPS) is 13.2. The number of ether oxygens (including phenoxy) is 4. The third kappa shape index (κ3) is 67.8. The average molecular weight is 1190 g/mol. The number of carbonyl (C=O) groups excluding carboxylic acids is 3. The first-order valence-electron chi connectivity index (χ1n) is 35.7. The van der Waals surface area contributed by atoms with Gasteiger partial charge in [-0.1, -0.05) is 324 Å². The van der Waals surface area contributed by atoms with E-state index in [2.05, 4.69) is 98.9 Å². The minimum absolute atomic E-state index is 0.147. The van der Waals surface area contributed by atoms with Gasteiger partial charge >= 0.3 is 11.9 Å². The number of carbonyl (C=O) groups is 3. The second-order valence-electron chi connectivity index (χ2n) is 25.2. The molecule has 9 heteroatoms. The fraction of sp³-hybridized carbons (Fsp3) is 0.776. The Morgan fingerprint density at radius 1 is 0.365 bits per heavy atom. The number of hydrogen-bond acceptors (Lipinski definition) is 8. The van der Waals surface area contributed by atoms with Crippen LogP contribution in [0.5, 0.6) is 0 Å². The predicted molar refractivity (Wildman–Crippen MR) is 361 cm³/mol. The summed E-state index contributed by atoms with van der Waals surface area (Å²) in [7, 11) is 5.94. The molecule has 0 spiro atoms. The smallest absolute Gasteiger partial charge is 0.306 e. The van der Waals surface area contributed by atoms with Gasteiger partial charge in [0, 0.05) is 12.8 Å². The van der Waals surface area contributed by atoms with Crippen molar-refractivity contribution in [1.82, 2.24) is 0 Å². The van der Waals surface area contributed by atoms with Crippen molar-refractivity contribution in [2.24, 2.45) is 0 Å². The molecule has 9 nitrogen and oxygen atoms in total. The molecule has 0 aromatic carbocycles. The molecule has 0 heterocycles. The van der Waals surface area contributed by atoms with Gasteiger partial charge in [-0.05, 0) is 70.6 Å². The molecule has 2 unspecified atom stereocenters. The topological polar surface area (TPSA) is 111 Å². The Kier molecular flexibility index (Phi) is 63.7. The van der Waals surface area contributed by atoms with E-state index in [4.69, 9.17) is 18.9 Å². The van der Waals surface area contributed by atoms with Gasteiger partial charge in [0.25, 0.3) is 0 Å². The van der Waals surface area contributed by atoms with Crippen LogP contribution in [0.2, 0.25) is 0 Å². The highest BCUT2D eigenvalue weighted by Crippen LogP contribution is 2.18. The number of hydrogen-bond donors (Lipinski definition) is 0. The number of nitrogens with zero attached hydrogens (tertiary/aromatic N) is 1. The number of quaternary nitrogens is 1. The van der Waals surface area contributed by atoms with Gasteiger partial charge in [-0.3, -0.25) is 9.59 Å². The molecule has 2 atom stereocenters. The third-order valence-electron chi connectivity index (χ3n) is 15.7. The van der Waals surface area contributed by atoms with Crippen LogP contribution in [0.4, 0.5) is 0 Å². The molecule has 0 radical (unpaired) electrons. The van der Waals surface area contributed by atoms with Gasteiger partial charge in [-0.2, -0.15) is 0 Å². The molecule has 0 N–H and O–H groups in total. The van der Waals surface area contributed by atoms with Gasteiger partial charge in [0.15, 0.2) is 12.4 Å². The lowest BCUT2D eigenvalue weighted by molar-refractivity contribution is -0.870. The summed E-state index contributed by atoms with van der Waals surface area (Å²) in [6.07, 6.45) is 86.7. The van der Waals surface area contributed by atoms with Crippen LogP contribution in [-0.2, 0) is 33.3 Å². The number of unbranched alkanes of at least 4 members (excludes halogenated alkanes) is 37. The number of rotatable bonds is 66. The maximum Gasteiger partial charge on any atom is 0.306 e. The van der Waals surface area contributed by atoms with Crippen LogP contribution in [-0.4, -0.2) is 82.3 Å². The lowest BCUT2D eigenvalue weighted by Gasteiger charge is -2.26. The molecular formula is C76H135NO8. The second kappa shape index (κ2) is 66.4. The van der Waals surface area contributed by atoms with Crippen LogP contribution >= 0.6 is 0 Å². The number of carboxylic acids is 1. The van der Waals surface area contributed by atoms with Crippen molar-refractivity contribution in [3.63, 3.8) is 0 Å². The minimum atomic E-state index is -1.62. The van der Waals surface area contributed by atoms with E-state index in [1.54, 1.807) is 0 Å². The van der Waals surface area contributed by atoms with Crippen molar-refractivity contribution in [2.45, 2.75) is 334 Å². The van der Waals surface area contributed by atoms with Gasteiger partial charge in [-0.25, -0.2) is 0 Å². The molecule has 0 saturated heterocycles. The zero-order chi connectivity index (χ0) is 61.9. The zero-order valence-corrected chi connectivity index (χ0v) is 56.2. The summed E-state index contributed by atoms with van der Waals surface area (Å²) in [5, 5.41) is 11.8. The fourth-order valence-electron chi connectivity index (χ4n) is 10.2. The van der Waals surface area contributed by atoms with E-state index in [-0.39, 0.29) is 32.2 Å². The number of carboxylic acid groups (broad SMARTS) is 1. The van der Waals surface area contributed by atoms with Crippen LogP contribution in [0.15, 0.2) is 85.1 Å². The Balaban J connectivity index is 4.10. The van der Waals surface area contributed by atoms with Crippen LogP contribution in [0.25, 0.3) is 0 Å². The molecule has 0 aromatic heterocycles. The van der Waals surface area contributed by atoms with E-state index in [0.717, 1.165) is 83.5 Å². The Hall–Kier alpha value is -3.53. The fourth-order valence-corrected chi connectivity index (χ4v) is 10.2. The zero-order valence-electron chi connectivity index (χ0n) is 56.2. The van der Waals surface area contributed by atoms with Crippen molar-refractivity contribution >= 4 is 17.9 Å². The monoisotopic (exact) mass is 1190 g/mol. The van der Waals surface area contributed by atoms with E-state index in [1.165, 1.54) is 205 Å². The Morgan fingerprint density at radius 2 is 0.671 bits per heavy atom. The number of esters is 2. The van der Waals surface area contributed by atoms with Crippen LogP contribution in [0, 0.1) is 0 Å². The highest BCUT2D eigenvalue weighted by atomic mass is 16.7. The molecule has 85 heavy (non-hydrogen) atoms. The Morgan fingerprint density at radius 3 is 1.00 bits per heavy atom. The molecular weight excluding hydrogens is 1050 g/mol. The highest BCUT2D eigenvalue weighted by Gasteiger charge is 2.22. The van der Waals surface area contributed by atoms with Crippen molar-refractivity contribution in [3.05, 3.63) is 85.1 Å². The predicted octanol–water partition coefficient (Wildman–Crippen LogP) is 20.9. The standard InChI is InChI=1S/C76H135NO8/c1-6-8-10-12-14-16-18-20-22-24-26-28-30-32-33-34-35-36-37-38-39-40-41-43-45-47-49-51-53-55-57-59-61-63-65-67-74(79)85-72(71-84-76(75(80)81)82-69-68-77(3,4)5)70-83-73(78)66-64-62-60-58-56-54-52-50-48-46-44-42-31-29-27-25-23-21-19-17-15-13-11-9-7-2/h8,10,14,16,20,22,26,28,32-33,35-36,38-39,72,76H,6-7,9,11-13,15,17-19,21,23-25,27,29-31,34,37,40-71H2,1-5H3/b10-8-,16-14-,22-20-,28-26-,33-32-,36-35-,39-38-. The Bertz CT molecular complexity index is 1670. The molecule has 0 aromatic rings. The minimum Gasteiger partial charge on any atom is -0.545 e. The van der Waals surface area contributed by atoms with Gasteiger partial charge in [-0.15, -0.1) is 0 Å². The summed E-state index contributed by atoms with van der Waals surface area (Å²) in [5.74, 6) is -2.27.